The van der Waals surface area contributed by atoms with E-state index in [-0.39, 0.29) is 17.3 Å². The first-order chi connectivity index (χ1) is 15.2. The number of hydrogen-bond acceptors (Lipinski definition) is 3. The molecule has 0 radical (unpaired) electrons. The largest absolute Gasteiger partial charge is 0.348 e. The highest BCUT2D eigenvalue weighted by atomic mass is 35.5. The first-order valence-corrected chi connectivity index (χ1v) is 11.8. The number of nitrogens with one attached hydrogen (secondary N) is 1. The molecule has 8 heteroatoms. The normalized spacial score (nSPS) is 12.5. The first kappa shape index (κ1) is 23.9. The number of sulfonamides is 1. The van der Waals surface area contributed by atoms with Gasteiger partial charge in [-0.15, -0.1) is 0 Å². The Hall–Kier alpha value is -2.74. The maximum Gasteiger partial charge on any atom is 0.243 e. The van der Waals surface area contributed by atoms with Crippen LogP contribution in [0, 0.1) is 12.7 Å². The number of amides is 1. The Morgan fingerprint density at radius 1 is 1.03 bits per heavy atom. The van der Waals surface area contributed by atoms with Crippen LogP contribution in [0.25, 0.3) is 0 Å². The van der Waals surface area contributed by atoms with Gasteiger partial charge < -0.3 is 5.32 Å². The summed E-state index contributed by atoms with van der Waals surface area (Å²) in [7, 11) is -3.97. The lowest BCUT2D eigenvalue weighted by Crippen LogP contribution is -2.41. The molecule has 32 heavy (non-hydrogen) atoms. The first-order valence-electron chi connectivity index (χ1n) is 10.0. The van der Waals surface area contributed by atoms with Gasteiger partial charge >= 0.3 is 0 Å². The number of aryl methyl sites for hydroxylation is 1. The Bertz CT molecular complexity index is 1180. The summed E-state index contributed by atoms with van der Waals surface area (Å²) < 4.78 is 41.0. The van der Waals surface area contributed by atoms with Crippen LogP contribution in [-0.2, 0) is 21.4 Å². The minimum atomic E-state index is -3.97. The number of carbonyl (C=O) groups is 1. The van der Waals surface area contributed by atoms with Gasteiger partial charge in [-0.3, -0.25) is 4.79 Å². The summed E-state index contributed by atoms with van der Waals surface area (Å²) in [4.78, 5) is 12.9. The van der Waals surface area contributed by atoms with Gasteiger partial charge in [0.25, 0.3) is 0 Å². The minimum Gasteiger partial charge on any atom is -0.348 e. The molecule has 168 valence electrons. The van der Waals surface area contributed by atoms with Gasteiger partial charge in [-0.25, -0.2) is 12.8 Å². The predicted molar refractivity (Wildman–Crippen MR) is 123 cm³/mol. The molecular weight excluding hydrogens is 451 g/mol. The van der Waals surface area contributed by atoms with E-state index in [9.17, 15) is 17.6 Å². The second kappa shape index (κ2) is 10.3. The van der Waals surface area contributed by atoms with Gasteiger partial charge in [-0.2, -0.15) is 4.31 Å². The Morgan fingerprint density at radius 2 is 1.66 bits per heavy atom. The summed E-state index contributed by atoms with van der Waals surface area (Å²) in [6.45, 7) is 3.15. The molecule has 1 N–H and O–H groups in total. The van der Waals surface area contributed by atoms with E-state index >= 15 is 0 Å². The maximum absolute atomic E-state index is 13.3. The molecular formula is C24H24ClFN2O3S. The number of carbonyl (C=O) groups excluding carboxylic acids is 1. The SMILES string of the molecule is Cc1ccc(S(=O)(=O)N(CC(=O)N[C@H](C)c2ccc(F)cc2)Cc2ccccc2Cl)cc1. The lowest BCUT2D eigenvalue weighted by molar-refractivity contribution is -0.122. The van der Waals surface area contributed by atoms with E-state index in [1.54, 1.807) is 55.5 Å². The van der Waals surface area contributed by atoms with Gasteiger partial charge in [0, 0.05) is 11.6 Å². The standard InChI is InChI=1S/C24H24ClFN2O3S/c1-17-7-13-22(14-8-17)32(30,31)28(15-20-5-3-4-6-23(20)25)16-24(29)27-18(2)19-9-11-21(26)12-10-19/h3-14,18H,15-16H2,1-2H3,(H,27,29)/t18-/m1/s1. The molecule has 0 saturated carbocycles. The summed E-state index contributed by atoms with van der Waals surface area (Å²) in [5, 5.41) is 3.19. The van der Waals surface area contributed by atoms with Gasteiger partial charge in [0.15, 0.2) is 0 Å². The Labute approximate surface area is 192 Å². The zero-order chi connectivity index (χ0) is 23.3. The third-order valence-electron chi connectivity index (χ3n) is 5.03. The van der Waals surface area contributed by atoms with E-state index in [0.29, 0.717) is 16.1 Å². The van der Waals surface area contributed by atoms with Crippen molar-refractivity contribution in [3.8, 4) is 0 Å². The zero-order valence-corrected chi connectivity index (χ0v) is 19.3. The van der Waals surface area contributed by atoms with Gasteiger partial charge in [0.2, 0.25) is 15.9 Å². The molecule has 0 unspecified atom stereocenters. The zero-order valence-electron chi connectivity index (χ0n) is 17.8. The van der Waals surface area contributed by atoms with E-state index in [1.165, 1.54) is 24.3 Å². The van der Waals surface area contributed by atoms with Crippen molar-refractivity contribution >= 4 is 27.5 Å². The lowest BCUT2D eigenvalue weighted by atomic mass is 10.1. The van der Waals surface area contributed by atoms with Crippen molar-refractivity contribution in [1.29, 1.82) is 0 Å². The van der Waals surface area contributed by atoms with Crippen LogP contribution in [0.2, 0.25) is 5.02 Å². The highest BCUT2D eigenvalue weighted by Crippen LogP contribution is 2.23. The average Bonchev–Trinajstić information content (AvgIpc) is 2.75. The maximum atomic E-state index is 13.3. The highest BCUT2D eigenvalue weighted by molar-refractivity contribution is 7.89. The molecule has 3 rings (SSSR count). The molecule has 0 bridgehead atoms. The predicted octanol–water partition coefficient (Wildman–Crippen LogP) is 4.86. The van der Waals surface area contributed by atoms with Crippen molar-refractivity contribution < 1.29 is 17.6 Å². The van der Waals surface area contributed by atoms with Crippen LogP contribution in [0.15, 0.2) is 77.7 Å². The van der Waals surface area contributed by atoms with E-state index < -0.39 is 28.5 Å². The molecule has 0 spiro atoms. The fourth-order valence-corrected chi connectivity index (χ4v) is 4.75. The number of halogens is 2. The van der Waals surface area contributed by atoms with E-state index in [0.717, 1.165) is 9.87 Å². The van der Waals surface area contributed by atoms with Crippen molar-refractivity contribution in [2.45, 2.75) is 31.3 Å². The highest BCUT2D eigenvalue weighted by Gasteiger charge is 2.28. The lowest BCUT2D eigenvalue weighted by Gasteiger charge is -2.24. The summed E-state index contributed by atoms with van der Waals surface area (Å²) in [6.07, 6.45) is 0. The molecule has 3 aromatic carbocycles. The molecule has 1 atom stereocenters. The smallest absolute Gasteiger partial charge is 0.243 e. The minimum absolute atomic E-state index is 0.0613. The summed E-state index contributed by atoms with van der Waals surface area (Å²) >= 11 is 6.25. The van der Waals surface area contributed by atoms with Crippen molar-refractivity contribution in [2.75, 3.05) is 6.54 Å². The van der Waals surface area contributed by atoms with Crippen molar-refractivity contribution in [1.82, 2.24) is 9.62 Å². The number of benzene rings is 3. The molecule has 0 aliphatic heterocycles. The van der Waals surface area contributed by atoms with Crippen LogP contribution < -0.4 is 5.32 Å². The number of nitrogens with zero attached hydrogens (tertiary/aromatic N) is 1. The summed E-state index contributed by atoms with van der Waals surface area (Å²) in [6, 6.07) is 18.7. The summed E-state index contributed by atoms with van der Waals surface area (Å²) in [5.74, 6) is -0.855. The molecule has 0 aromatic heterocycles. The van der Waals surface area contributed by atoms with Crippen molar-refractivity contribution in [2.24, 2.45) is 0 Å². The molecule has 0 aliphatic rings. The van der Waals surface area contributed by atoms with Crippen LogP contribution in [0.1, 0.15) is 29.7 Å². The molecule has 3 aromatic rings. The van der Waals surface area contributed by atoms with Crippen LogP contribution in [0.5, 0.6) is 0 Å². The van der Waals surface area contributed by atoms with Crippen molar-refractivity contribution in [3.05, 3.63) is 100 Å². The quantitative estimate of drug-likeness (QED) is 0.507. The molecule has 0 aliphatic carbocycles. The second-order valence-electron chi connectivity index (χ2n) is 7.52. The monoisotopic (exact) mass is 474 g/mol. The van der Waals surface area contributed by atoms with E-state index in [4.69, 9.17) is 11.6 Å². The number of rotatable bonds is 8. The van der Waals surface area contributed by atoms with E-state index in [2.05, 4.69) is 5.32 Å². The average molecular weight is 475 g/mol. The van der Waals surface area contributed by atoms with Gasteiger partial charge in [0.1, 0.15) is 5.82 Å². The fourth-order valence-electron chi connectivity index (χ4n) is 3.18. The third-order valence-corrected chi connectivity index (χ3v) is 7.21. The molecule has 0 fully saturated rings. The van der Waals surface area contributed by atoms with E-state index in [1.807, 2.05) is 6.92 Å². The number of hydrogen-bond donors (Lipinski definition) is 1. The van der Waals surface area contributed by atoms with Crippen LogP contribution >= 0.6 is 11.6 Å². The summed E-state index contributed by atoms with van der Waals surface area (Å²) in [5.41, 5.74) is 2.22. The van der Waals surface area contributed by atoms with Gasteiger partial charge in [0.05, 0.1) is 17.5 Å². The Balaban J connectivity index is 1.84. The second-order valence-corrected chi connectivity index (χ2v) is 9.86. The molecule has 5 nitrogen and oxygen atoms in total. The Kier molecular flexibility index (Phi) is 7.66. The third kappa shape index (κ3) is 5.94. The van der Waals surface area contributed by atoms with Gasteiger partial charge in [-0.05, 0) is 55.3 Å². The van der Waals surface area contributed by atoms with Gasteiger partial charge in [-0.1, -0.05) is 59.6 Å². The molecule has 0 saturated heterocycles. The van der Waals surface area contributed by atoms with Crippen LogP contribution in [-0.4, -0.2) is 25.2 Å². The Morgan fingerprint density at radius 3 is 2.28 bits per heavy atom. The fraction of sp³-hybridized carbons (Fsp3) is 0.208. The molecule has 0 heterocycles. The van der Waals surface area contributed by atoms with Crippen LogP contribution in [0.3, 0.4) is 0 Å². The topological polar surface area (TPSA) is 66.5 Å². The van der Waals surface area contributed by atoms with Crippen LogP contribution in [0.4, 0.5) is 4.39 Å². The van der Waals surface area contributed by atoms with Crippen molar-refractivity contribution in [3.63, 3.8) is 0 Å². The molecule has 1 amide bonds.